The Kier molecular flexibility index (Phi) is 4.42. The van der Waals surface area contributed by atoms with Crippen LogP contribution in [0, 0.1) is 3.57 Å². The van der Waals surface area contributed by atoms with Gasteiger partial charge in [-0.1, -0.05) is 19.1 Å². The summed E-state index contributed by atoms with van der Waals surface area (Å²) in [5.74, 6) is 0.845. The number of aromatic nitrogens is 2. The third-order valence-corrected chi connectivity index (χ3v) is 3.06. The Morgan fingerprint density at radius 3 is 2.76 bits per heavy atom. The molecule has 1 heterocycles. The number of hydrogen-bond acceptors (Lipinski definition) is 2. The SMILES string of the molecule is CCCOc1cnn(Cc2ccc(I)cc2)c1. The van der Waals surface area contributed by atoms with Gasteiger partial charge in [-0.25, -0.2) is 0 Å². The molecule has 0 fully saturated rings. The van der Waals surface area contributed by atoms with Crippen LogP contribution in [0.5, 0.6) is 5.75 Å². The first kappa shape index (κ1) is 12.4. The van der Waals surface area contributed by atoms with E-state index in [2.05, 4.69) is 58.9 Å². The molecule has 0 radical (unpaired) electrons. The molecule has 0 aliphatic rings. The van der Waals surface area contributed by atoms with Crippen molar-refractivity contribution in [2.24, 2.45) is 0 Å². The quantitative estimate of drug-likeness (QED) is 0.780. The summed E-state index contributed by atoms with van der Waals surface area (Å²) < 4.78 is 8.65. The summed E-state index contributed by atoms with van der Waals surface area (Å²) in [7, 11) is 0. The number of rotatable bonds is 5. The van der Waals surface area contributed by atoms with Crippen molar-refractivity contribution in [1.82, 2.24) is 9.78 Å². The van der Waals surface area contributed by atoms with E-state index in [1.165, 1.54) is 9.13 Å². The Balaban J connectivity index is 1.98. The highest BCUT2D eigenvalue weighted by Crippen LogP contribution is 2.12. The smallest absolute Gasteiger partial charge is 0.157 e. The third kappa shape index (κ3) is 3.73. The summed E-state index contributed by atoms with van der Waals surface area (Å²) in [6.45, 7) is 3.62. The van der Waals surface area contributed by atoms with Gasteiger partial charge in [-0.3, -0.25) is 4.68 Å². The molecule has 1 aromatic carbocycles. The monoisotopic (exact) mass is 342 g/mol. The molecule has 0 saturated carbocycles. The van der Waals surface area contributed by atoms with Crippen molar-refractivity contribution < 1.29 is 4.74 Å². The Labute approximate surface area is 115 Å². The predicted molar refractivity (Wildman–Crippen MR) is 76.3 cm³/mol. The minimum atomic E-state index is 0.745. The molecule has 0 aliphatic carbocycles. The second-order valence-corrected chi connectivity index (χ2v) is 5.09. The standard InChI is InChI=1S/C13H15IN2O/c1-2-7-17-13-8-15-16(10-13)9-11-3-5-12(14)6-4-11/h3-6,8,10H,2,7,9H2,1H3. The lowest BCUT2D eigenvalue weighted by Crippen LogP contribution is -1.99. The van der Waals surface area contributed by atoms with Crippen LogP contribution >= 0.6 is 22.6 Å². The van der Waals surface area contributed by atoms with Gasteiger partial charge in [0.1, 0.15) is 0 Å². The van der Waals surface area contributed by atoms with Crippen LogP contribution < -0.4 is 4.74 Å². The summed E-state index contributed by atoms with van der Waals surface area (Å²) in [4.78, 5) is 0. The first-order valence-corrected chi connectivity index (χ1v) is 6.75. The van der Waals surface area contributed by atoms with Crippen molar-refractivity contribution in [2.75, 3.05) is 6.61 Å². The number of benzene rings is 1. The number of halogens is 1. The second kappa shape index (κ2) is 6.05. The van der Waals surface area contributed by atoms with Crippen LogP contribution in [0.2, 0.25) is 0 Å². The van der Waals surface area contributed by atoms with Gasteiger partial charge in [0.05, 0.1) is 25.5 Å². The van der Waals surface area contributed by atoms with E-state index in [4.69, 9.17) is 4.74 Å². The van der Waals surface area contributed by atoms with Gasteiger partial charge in [0.2, 0.25) is 0 Å². The predicted octanol–water partition coefficient (Wildman–Crippen LogP) is 3.32. The molecule has 2 rings (SSSR count). The summed E-state index contributed by atoms with van der Waals surface area (Å²) in [6, 6.07) is 8.45. The largest absolute Gasteiger partial charge is 0.490 e. The highest BCUT2D eigenvalue weighted by molar-refractivity contribution is 14.1. The first-order valence-electron chi connectivity index (χ1n) is 5.67. The van der Waals surface area contributed by atoms with E-state index >= 15 is 0 Å². The lowest BCUT2D eigenvalue weighted by atomic mass is 10.2. The zero-order valence-corrected chi connectivity index (χ0v) is 11.9. The number of nitrogens with zero attached hydrogens (tertiary/aromatic N) is 2. The average molecular weight is 342 g/mol. The molecule has 0 N–H and O–H groups in total. The van der Waals surface area contributed by atoms with Crippen LogP contribution in [-0.4, -0.2) is 16.4 Å². The van der Waals surface area contributed by atoms with Crippen LogP contribution in [0.1, 0.15) is 18.9 Å². The molecular weight excluding hydrogens is 327 g/mol. The molecule has 0 amide bonds. The summed E-state index contributed by atoms with van der Waals surface area (Å²) in [5.41, 5.74) is 1.25. The van der Waals surface area contributed by atoms with Crippen LogP contribution in [0.15, 0.2) is 36.7 Å². The van der Waals surface area contributed by atoms with Crippen molar-refractivity contribution in [3.8, 4) is 5.75 Å². The molecule has 1 aromatic heterocycles. The van der Waals surface area contributed by atoms with Crippen molar-refractivity contribution in [2.45, 2.75) is 19.9 Å². The van der Waals surface area contributed by atoms with Gasteiger partial charge >= 0.3 is 0 Å². The third-order valence-electron chi connectivity index (χ3n) is 2.34. The van der Waals surface area contributed by atoms with E-state index < -0.39 is 0 Å². The summed E-state index contributed by atoms with van der Waals surface area (Å²) >= 11 is 2.30. The summed E-state index contributed by atoms with van der Waals surface area (Å²) in [6.07, 6.45) is 4.72. The van der Waals surface area contributed by atoms with E-state index in [-0.39, 0.29) is 0 Å². The zero-order chi connectivity index (χ0) is 12.1. The molecule has 2 aromatic rings. The minimum Gasteiger partial charge on any atom is -0.490 e. The zero-order valence-electron chi connectivity index (χ0n) is 9.77. The minimum absolute atomic E-state index is 0.745. The molecule has 4 heteroatoms. The van der Waals surface area contributed by atoms with E-state index in [0.717, 1.165) is 25.3 Å². The molecule has 90 valence electrons. The van der Waals surface area contributed by atoms with E-state index in [1.54, 1.807) is 6.20 Å². The molecule has 3 nitrogen and oxygen atoms in total. The van der Waals surface area contributed by atoms with Crippen LogP contribution in [0.3, 0.4) is 0 Å². The highest BCUT2D eigenvalue weighted by atomic mass is 127. The van der Waals surface area contributed by atoms with Crippen molar-refractivity contribution >= 4 is 22.6 Å². The first-order chi connectivity index (χ1) is 8.28. The molecule has 0 spiro atoms. The maximum atomic E-state index is 5.51. The van der Waals surface area contributed by atoms with E-state index in [0.29, 0.717) is 0 Å². The molecular formula is C13H15IN2O. The molecule has 17 heavy (non-hydrogen) atoms. The molecule has 0 aliphatic heterocycles. The molecule has 0 saturated heterocycles. The molecule has 0 unspecified atom stereocenters. The second-order valence-electron chi connectivity index (χ2n) is 3.85. The van der Waals surface area contributed by atoms with Crippen molar-refractivity contribution in [3.63, 3.8) is 0 Å². The normalized spacial score (nSPS) is 10.5. The fraction of sp³-hybridized carbons (Fsp3) is 0.308. The van der Waals surface area contributed by atoms with Crippen LogP contribution in [-0.2, 0) is 6.54 Å². The average Bonchev–Trinajstić information content (AvgIpc) is 2.77. The number of ether oxygens (including phenoxy) is 1. The Hall–Kier alpha value is -1.04. The Morgan fingerprint density at radius 1 is 1.29 bits per heavy atom. The Morgan fingerprint density at radius 2 is 2.06 bits per heavy atom. The lowest BCUT2D eigenvalue weighted by Gasteiger charge is -2.02. The number of hydrogen-bond donors (Lipinski definition) is 0. The maximum Gasteiger partial charge on any atom is 0.157 e. The van der Waals surface area contributed by atoms with Gasteiger partial charge in [0.15, 0.2) is 5.75 Å². The summed E-state index contributed by atoms with van der Waals surface area (Å²) in [5, 5.41) is 4.28. The topological polar surface area (TPSA) is 27.1 Å². The van der Waals surface area contributed by atoms with Gasteiger partial charge in [-0.05, 0) is 46.7 Å². The van der Waals surface area contributed by atoms with Gasteiger partial charge < -0.3 is 4.74 Å². The van der Waals surface area contributed by atoms with E-state index in [1.807, 2.05) is 10.9 Å². The fourth-order valence-corrected chi connectivity index (χ4v) is 1.86. The highest BCUT2D eigenvalue weighted by Gasteiger charge is 2.00. The van der Waals surface area contributed by atoms with Gasteiger partial charge in [-0.2, -0.15) is 5.10 Å². The van der Waals surface area contributed by atoms with E-state index in [9.17, 15) is 0 Å². The maximum absolute atomic E-state index is 5.51. The Bertz CT molecular complexity index is 465. The molecule has 0 atom stereocenters. The van der Waals surface area contributed by atoms with Crippen molar-refractivity contribution in [3.05, 3.63) is 45.8 Å². The van der Waals surface area contributed by atoms with Crippen LogP contribution in [0.4, 0.5) is 0 Å². The van der Waals surface area contributed by atoms with Gasteiger partial charge in [-0.15, -0.1) is 0 Å². The van der Waals surface area contributed by atoms with Crippen molar-refractivity contribution in [1.29, 1.82) is 0 Å². The molecule has 0 bridgehead atoms. The van der Waals surface area contributed by atoms with Gasteiger partial charge in [0, 0.05) is 3.57 Å². The fourth-order valence-electron chi connectivity index (χ4n) is 1.50. The lowest BCUT2D eigenvalue weighted by molar-refractivity contribution is 0.317. The van der Waals surface area contributed by atoms with Crippen LogP contribution in [0.25, 0.3) is 0 Å². The van der Waals surface area contributed by atoms with Gasteiger partial charge in [0.25, 0.3) is 0 Å².